The third kappa shape index (κ3) is 3.81. The van der Waals surface area contributed by atoms with E-state index >= 15 is 0 Å². The summed E-state index contributed by atoms with van der Waals surface area (Å²) in [4.78, 5) is 39.7. The van der Waals surface area contributed by atoms with Gasteiger partial charge in [-0.2, -0.15) is 0 Å². The molecule has 0 bridgehead atoms. The number of ether oxygens (including phenoxy) is 1. The van der Waals surface area contributed by atoms with Crippen LogP contribution in [0.3, 0.4) is 0 Å². The molecular weight excluding hydrogens is 476 g/mol. The Balaban J connectivity index is 0.00000141. The Labute approximate surface area is 204 Å². The number of nitro benzene ring substituents is 1. The number of carbonyl (C=O) groups excluding carboxylic acids is 1. The van der Waals surface area contributed by atoms with Gasteiger partial charge in [0.1, 0.15) is 11.3 Å². The molecule has 0 saturated carbocycles. The monoisotopic (exact) mass is 496 g/mol. The van der Waals surface area contributed by atoms with Crippen molar-refractivity contribution in [1.29, 1.82) is 0 Å². The van der Waals surface area contributed by atoms with Crippen LogP contribution in [0.25, 0.3) is 27.6 Å². The molecule has 10 nitrogen and oxygen atoms in total. The number of anilines is 1. The highest BCUT2D eigenvalue weighted by Crippen LogP contribution is 2.45. The number of non-ortho nitro benzene ring substituents is 1. The average Bonchev–Trinajstić information content (AvgIpc) is 3.57. The summed E-state index contributed by atoms with van der Waals surface area (Å²) < 4.78 is 10.8. The number of aromatic nitrogens is 1. The molecule has 1 aliphatic rings. The fraction of sp³-hybridized carbons (Fsp3) is 0.208. The van der Waals surface area contributed by atoms with Gasteiger partial charge in [0.25, 0.3) is 5.69 Å². The molecule has 1 aliphatic heterocycles. The van der Waals surface area contributed by atoms with E-state index in [-0.39, 0.29) is 11.4 Å². The number of aromatic amines is 1. The molecule has 1 N–H and O–H groups in total. The van der Waals surface area contributed by atoms with Crippen LogP contribution < -0.4 is 4.90 Å². The molecule has 4 aromatic rings. The molecule has 3 heterocycles. The number of nitro groups is 1. The lowest BCUT2D eigenvalue weighted by Crippen LogP contribution is -2.17. The van der Waals surface area contributed by atoms with Crippen LogP contribution in [0.2, 0.25) is 0 Å². The molecule has 0 spiro atoms. The van der Waals surface area contributed by atoms with Gasteiger partial charge in [-0.3, -0.25) is 10.1 Å². The van der Waals surface area contributed by atoms with Crippen molar-refractivity contribution in [2.24, 2.45) is 5.18 Å². The van der Waals surface area contributed by atoms with E-state index in [9.17, 15) is 19.8 Å². The maximum absolute atomic E-state index is 12.5. The standard InChI is InChI=1S/C23H18N4O6.CH3Cl/c1-11-20(23(28)32-3)21-15-6-7-26(17(15)10-16(25-29)22(21)24-11)12(2)19-9-13-8-14(27(30)31)4-5-18(13)33-19;1-2/h4-5,8-10,24H,2,6-7H2,1,3H3;1H3. The van der Waals surface area contributed by atoms with Gasteiger partial charge < -0.3 is 19.0 Å². The van der Waals surface area contributed by atoms with Crippen molar-refractivity contribution >= 4 is 62.2 Å². The predicted octanol–water partition coefficient (Wildman–Crippen LogP) is 6.20. The molecule has 0 radical (unpaired) electrons. The van der Waals surface area contributed by atoms with Crippen molar-refractivity contribution < 1.29 is 18.9 Å². The number of aryl methyl sites for hydroxylation is 1. The van der Waals surface area contributed by atoms with Crippen LogP contribution in [-0.4, -0.2) is 35.9 Å². The lowest BCUT2D eigenvalue weighted by molar-refractivity contribution is -0.384. The largest absolute Gasteiger partial charge is 0.465 e. The zero-order chi connectivity index (χ0) is 25.4. The lowest BCUT2D eigenvalue weighted by Gasteiger charge is -2.20. The summed E-state index contributed by atoms with van der Waals surface area (Å²) in [6.45, 7) is 6.44. The molecule has 2 aromatic heterocycles. The Kier molecular flexibility index (Phi) is 6.31. The quantitative estimate of drug-likeness (QED) is 0.114. The minimum atomic E-state index is -0.500. The van der Waals surface area contributed by atoms with Crippen LogP contribution in [0.15, 0.2) is 46.5 Å². The van der Waals surface area contributed by atoms with E-state index in [1.54, 1.807) is 25.1 Å². The molecule has 0 fully saturated rings. The molecular formula is C24H21ClN4O6. The minimum Gasteiger partial charge on any atom is -0.465 e. The summed E-state index contributed by atoms with van der Waals surface area (Å²) >= 11 is 4.64. The van der Waals surface area contributed by atoms with E-state index in [1.807, 2.05) is 4.90 Å². The number of hydrogen-bond acceptors (Lipinski definition) is 8. The molecule has 11 heteroatoms. The van der Waals surface area contributed by atoms with Crippen LogP contribution in [0.5, 0.6) is 0 Å². The number of nitrogens with one attached hydrogen (secondary N) is 1. The summed E-state index contributed by atoms with van der Waals surface area (Å²) in [6.07, 6.45) is 2.07. The lowest BCUT2D eigenvalue weighted by atomic mass is 10.0. The van der Waals surface area contributed by atoms with Crippen LogP contribution in [0.1, 0.15) is 27.4 Å². The molecule has 0 aliphatic carbocycles. The van der Waals surface area contributed by atoms with Gasteiger partial charge in [0.05, 0.1) is 28.8 Å². The Hall–Kier alpha value is -4.18. The van der Waals surface area contributed by atoms with E-state index in [2.05, 4.69) is 28.3 Å². The third-order valence-electron chi connectivity index (χ3n) is 6.01. The zero-order valence-electron chi connectivity index (χ0n) is 19.2. The summed E-state index contributed by atoms with van der Waals surface area (Å²) in [5.74, 6) is -0.0577. The number of esters is 1. The van der Waals surface area contributed by atoms with Crippen LogP contribution in [-0.2, 0) is 11.2 Å². The highest BCUT2D eigenvalue weighted by atomic mass is 35.5. The van der Waals surface area contributed by atoms with Gasteiger partial charge in [-0.25, -0.2) is 4.79 Å². The van der Waals surface area contributed by atoms with Crippen molar-refractivity contribution in [3.63, 3.8) is 0 Å². The third-order valence-corrected chi connectivity index (χ3v) is 6.01. The number of carbonyl (C=O) groups is 1. The van der Waals surface area contributed by atoms with Gasteiger partial charge in [0, 0.05) is 47.2 Å². The molecule has 2 aromatic carbocycles. The number of fused-ring (bicyclic) bond motifs is 4. The van der Waals surface area contributed by atoms with Crippen LogP contribution >= 0.6 is 11.6 Å². The second kappa shape index (κ2) is 9.22. The van der Waals surface area contributed by atoms with Crippen molar-refractivity contribution in [3.8, 4) is 0 Å². The molecule has 180 valence electrons. The van der Waals surface area contributed by atoms with Gasteiger partial charge in [-0.1, -0.05) is 6.58 Å². The highest BCUT2D eigenvalue weighted by molar-refractivity contribution is 6.15. The molecule has 0 amide bonds. The Morgan fingerprint density at radius 3 is 2.71 bits per heavy atom. The number of H-pyrrole nitrogens is 1. The van der Waals surface area contributed by atoms with E-state index in [0.717, 1.165) is 5.56 Å². The number of nitroso groups, excluding NO2 is 1. The van der Waals surface area contributed by atoms with Crippen LogP contribution in [0, 0.1) is 21.9 Å². The number of nitrogens with zero attached hydrogens (tertiary/aromatic N) is 3. The van der Waals surface area contributed by atoms with Gasteiger partial charge in [-0.05, 0) is 42.3 Å². The fourth-order valence-electron chi connectivity index (χ4n) is 4.50. The number of alkyl halides is 1. The first-order valence-corrected chi connectivity index (χ1v) is 11.2. The van der Waals surface area contributed by atoms with Crippen molar-refractivity contribution in [2.75, 3.05) is 24.9 Å². The van der Waals surface area contributed by atoms with Gasteiger partial charge in [0.2, 0.25) is 0 Å². The van der Waals surface area contributed by atoms with Gasteiger partial charge in [0.15, 0.2) is 5.76 Å². The summed E-state index contributed by atoms with van der Waals surface area (Å²) in [7, 11) is 1.31. The number of hydrogen-bond donors (Lipinski definition) is 1. The second-order valence-electron chi connectivity index (χ2n) is 7.79. The van der Waals surface area contributed by atoms with Crippen molar-refractivity contribution in [1.82, 2.24) is 4.98 Å². The first kappa shape index (κ1) is 24.0. The first-order chi connectivity index (χ1) is 16.8. The van der Waals surface area contributed by atoms with E-state index in [1.165, 1.54) is 25.6 Å². The number of rotatable bonds is 5. The summed E-state index contributed by atoms with van der Waals surface area (Å²) in [5.41, 5.74) is 4.17. The SMILES string of the molecule is C=C(c1cc2cc([N+](=O)[O-])ccc2o1)N1CCc2c1cc(N=O)c1[nH]c(C)c(C(=O)OC)c21.CCl. The number of benzene rings is 2. The first-order valence-electron chi connectivity index (χ1n) is 10.5. The maximum Gasteiger partial charge on any atom is 0.340 e. The smallest absolute Gasteiger partial charge is 0.340 e. The zero-order valence-corrected chi connectivity index (χ0v) is 19.9. The molecule has 35 heavy (non-hydrogen) atoms. The van der Waals surface area contributed by atoms with Crippen molar-refractivity contribution in [2.45, 2.75) is 13.3 Å². The fourth-order valence-corrected chi connectivity index (χ4v) is 4.50. The Morgan fingerprint density at radius 1 is 1.31 bits per heavy atom. The Morgan fingerprint density at radius 2 is 2.06 bits per heavy atom. The predicted molar refractivity (Wildman–Crippen MR) is 135 cm³/mol. The van der Waals surface area contributed by atoms with Gasteiger partial charge >= 0.3 is 5.97 Å². The summed E-state index contributed by atoms with van der Waals surface area (Å²) in [5, 5.41) is 15.4. The average molecular weight is 497 g/mol. The van der Waals surface area contributed by atoms with E-state index in [4.69, 9.17) is 9.15 Å². The van der Waals surface area contributed by atoms with E-state index < -0.39 is 10.9 Å². The summed E-state index contributed by atoms with van der Waals surface area (Å²) in [6, 6.07) is 7.72. The number of furan rings is 1. The normalized spacial score (nSPS) is 12.3. The molecule has 5 rings (SSSR count). The minimum absolute atomic E-state index is 0.0331. The van der Waals surface area contributed by atoms with Crippen molar-refractivity contribution in [3.05, 3.63) is 74.5 Å². The number of halogens is 1. The second-order valence-corrected chi connectivity index (χ2v) is 7.79. The van der Waals surface area contributed by atoms with Gasteiger partial charge in [-0.15, -0.1) is 16.5 Å². The van der Waals surface area contributed by atoms with Crippen LogP contribution in [0.4, 0.5) is 17.1 Å². The van der Waals surface area contributed by atoms with E-state index in [0.29, 0.717) is 63.2 Å². The highest BCUT2D eigenvalue weighted by Gasteiger charge is 2.31. The topological polar surface area (TPSA) is 131 Å². The Bertz CT molecular complexity index is 1520. The molecule has 0 atom stereocenters. The number of methoxy groups -OCH3 is 1. The molecule has 0 saturated heterocycles. The maximum atomic E-state index is 12.5. The molecule has 0 unspecified atom stereocenters.